The quantitative estimate of drug-likeness (QED) is 0.733. The Morgan fingerprint density at radius 3 is 2.43 bits per heavy atom. The van der Waals surface area contributed by atoms with Crippen molar-refractivity contribution in [2.45, 2.75) is 26.3 Å². The molecule has 23 heavy (non-hydrogen) atoms. The number of rotatable bonds is 7. The topological polar surface area (TPSA) is 98.5 Å². The maximum Gasteiger partial charge on any atom is 0.306 e. The van der Waals surface area contributed by atoms with Crippen LogP contribution < -0.4 is 11.1 Å². The van der Waals surface area contributed by atoms with Crippen LogP contribution in [0.2, 0.25) is 0 Å². The Labute approximate surface area is 132 Å². The maximum atomic E-state index is 13.1. The molecular formula is C15H18F2N2O4. The van der Waals surface area contributed by atoms with Crippen molar-refractivity contribution in [2.24, 2.45) is 11.7 Å². The molecule has 1 aromatic carbocycles. The fourth-order valence-corrected chi connectivity index (χ4v) is 1.96. The minimum atomic E-state index is -1.19. The van der Waals surface area contributed by atoms with Crippen molar-refractivity contribution in [1.82, 2.24) is 5.32 Å². The highest BCUT2D eigenvalue weighted by atomic mass is 19.2. The van der Waals surface area contributed by atoms with Crippen molar-refractivity contribution in [3.8, 4) is 0 Å². The largest absolute Gasteiger partial charge is 0.466 e. The second-order valence-electron chi connectivity index (χ2n) is 4.97. The number of esters is 1. The summed E-state index contributed by atoms with van der Waals surface area (Å²) in [6.45, 7) is 3.37. The number of ether oxygens (including phenoxy) is 1. The zero-order chi connectivity index (χ0) is 17.6. The molecule has 2 atom stereocenters. The molecule has 0 saturated carbocycles. The summed E-state index contributed by atoms with van der Waals surface area (Å²) in [5.74, 6) is -5.09. The van der Waals surface area contributed by atoms with E-state index in [2.05, 4.69) is 5.32 Å². The molecule has 0 fully saturated rings. The molecule has 0 aromatic heterocycles. The van der Waals surface area contributed by atoms with Crippen LogP contribution in [0.5, 0.6) is 0 Å². The van der Waals surface area contributed by atoms with E-state index in [0.29, 0.717) is 6.07 Å². The highest BCUT2D eigenvalue weighted by molar-refractivity contribution is 5.97. The number of primary amides is 1. The van der Waals surface area contributed by atoms with E-state index < -0.39 is 41.4 Å². The maximum absolute atomic E-state index is 13.1. The van der Waals surface area contributed by atoms with Crippen LogP contribution in [-0.4, -0.2) is 30.4 Å². The van der Waals surface area contributed by atoms with Crippen LogP contribution in [0, 0.1) is 17.6 Å². The molecule has 0 heterocycles. The van der Waals surface area contributed by atoms with Crippen LogP contribution in [0.3, 0.4) is 0 Å². The van der Waals surface area contributed by atoms with Crippen molar-refractivity contribution in [2.75, 3.05) is 6.61 Å². The van der Waals surface area contributed by atoms with E-state index in [9.17, 15) is 23.2 Å². The Morgan fingerprint density at radius 1 is 1.26 bits per heavy atom. The van der Waals surface area contributed by atoms with Gasteiger partial charge in [-0.15, -0.1) is 0 Å². The molecule has 1 rings (SSSR count). The summed E-state index contributed by atoms with van der Waals surface area (Å²) in [6, 6.07) is 1.42. The lowest BCUT2D eigenvalue weighted by Crippen LogP contribution is -2.49. The number of hydrogen-bond donors (Lipinski definition) is 2. The van der Waals surface area contributed by atoms with Gasteiger partial charge >= 0.3 is 5.97 Å². The molecule has 0 aliphatic rings. The first-order chi connectivity index (χ1) is 10.8. The van der Waals surface area contributed by atoms with E-state index in [1.165, 1.54) is 6.92 Å². The summed E-state index contributed by atoms with van der Waals surface area (Å²) in [7, 11) is 0. The van der Waals surface area contributed by atoms with Gasteiger partial charge < -0.3 is 15.8 Å². The highest BCUT2D eigenvalue weighted by Crippen LogP contribution is 2.12. The van der Waals surface area contributed by atoms with Crippen LogP contribution >= 0.6 is 0 Å². The molecule has 126 valence electrons. The van der Waals surface area contributed by atoms with E-state index in [-0.39, 0.29) is 18.6 Å². The van der Waals surface area contributed by atoms with Gasteiger partial charge in [0.2, 0.25) is 5.91 Å². The van der Waals surface area contributed by atoms with Gasteiger partial charge in [-0.2, -0.15) is 0 Å². The number of halogens is 2. The van der Waals surface area contributed by atoms with Gasteiger partial charge in [0.05, 0.1) is 13.0 Å². The predicted octanol–water partition coefficient (Wildman–Crippen LogP) is 1.14. The van der Waals surface area contributed by atoms with E-state index >= 15 is 0 Å². The van der Waals surface area contributed by atoms with Gasteiger partial charge in [0, 0.05) is 5.56 Å². The number of nitrogens with one attached hydrogen (secondary N) is 1. The molecule has 6 nitrogen and oxygen atoms in total. The number of hydrogen-bond acceptors (Lipinski definition) is 4. The summed E-state index contributed by atoms with van der Waals surface area (Å²) in [5, 5.41) is 2.32. The summed E-state index contributed by atoms with van der Waals surface area (Å²) in [6.07, 6.45) is -0.125. The van der Waals surface area contributed by atoms with Gasteiger partial charge in [-0.3, -0.25) is 14.4 Å². The lowest BCUT2D eigenvalue weighted by molar-refractivity contribution is -0.144. The first-order valence-corrected chi connectivity index (χ1v) is 6.97. The average Bonchev–Trinajstić information content (AvgIpc) is 2.46. The van der Waals surface area contributed by atoms with Crippen LogP contribution in [0.1, 0.15) is 30.6 Å². The molecule has 0 saturated heterocycles. The summed E-state index contributed by atoms with van der Waals surface area (Å²) in [4.78, 5) is 34.9. The second kappa shape index (κ2) is 8.21. The number of benzene rings is 1. The van der Waals surface area contributed by atoms with Gasteiger partial charge in [-0.05, 0) is 31.0 Å². The molecule has 0 aliphatic heterocycles. The van der Waals surface area contributed by atoms with Crippen LogP contribution in [0.15, 0.2) is 18.2 Å². The standard InChI is InChI=1S/C15H18F2N2O4/c1-3-23-12(20)6-8(2)13(14(18)21)19-15(22)9-4-5-10(16)11(17)7-9/h4-5,7-8,13H,3,6H2,1-2H3,(H2,18,21)(H,19,22)/t8-,13+/m0/s1. The van der Waals surface area contributed by atoms with Gasteiger partial charge in [0.1, 0.15) is 6.04 Å². The Morgan fingerprint density at radius 2 is 1.91 bits per heavy atom. The van der Waals surface area contributed by atoms with Crippen molar-refractivity contribution < 1.29 is 27.9 Å². The molecule has 0 bridgehead atoms. The predicted molar refractivity (Wildman–Crippen MR) is 77.2 cm³/mol. The number of amides is 2. The van der Waals surface area contributed by atoms with E-state index in [1.807, 2.05) is 0 Å². The first kappa shape index (κ1) is 18.5. The van der Waals surface area contributed by atoms with Crippen LogP contribution in [-0.2, 0) is 14.3 Å². The van der Waals surface area contributed by atoms with E-state index in [1.54, 1.807) is 6.92 Å². The molecule has 8 heteroatoms. The summed E-state index contributed by atoms with van der Waals surface area (Å²) in [5.41, 5.74) is 5.06. The molecule has 0 aliphatic carbocycles. The van der Waals surface area contributed by atoms with Gasteiger partial charge in [-0.25, -0.2) is 8.78 Å². The Bertz CT molecular complexity index is 607. The lowest BCUT2D eigenvalue weighted by Gasteiger charge is -2.21. The third kappa shape index (κ3) is 5.32. The van der Waals surface area contributed by atoms with Crippen molar-refractivity contribution in [1.29, 1.82) is 0 Å². The second-order valence-corrected chi connectivity index (χ2v) is 4.97. The Balaban J connectivity index is 2.82. The van der Waals surface area contributed by atoms with Crippen molar-refractivity contribution in [3.63, 3.8) is 0 Å². The average molecular weight is 328 g/mol. The molecule has 1 aromatic rings. The first-order valence-electron chi connectivity index (χ1n) is 6.97. The molecule has 0 radical (unpaired) electrons. The Hall–Kier alpha value is -2.51. The molecule has 0 spiro atoms. The Kier molecular flexibility index (Phi) is 6.62. The third-order valence-electron chi connectivity index (χ3n) is 3.14. The zero-order valence-corrected chi connectivity index (χ0v) is 12.8. The number of nitrogens with two attached hydrogens (primary N) is 1. The van der Waals surface area contributed by atoms with E-state index in [0.717, 1.165) is 12.1 Å². The van der Waals surface area contributed by atoms with Crippen LogP contribution in [0.25, 0.3) is 0 Å². The highest BCUT2D eigenvalue weighted by Gasteiger charge is 2.27. The monoisotopic (exact) mass is 328 g/mol. The van der Waals surface area contributed by atoms with Gasteiger partial charge in [0.15, 0.2) is 11.6 Å². The minimum absolute atomic E-state index is 0.125. The molecule has 3 N–H and O–H groups in total. The molecule has 0 unspecified atom stereocenters. The summed E-state index contributed by atoms with van der Waals surface area (Å²) >= 11 is 0. The molecule has 2 amide bonds. The van der Waals surface area contributed by atoms with Crippen LogP contribution in [0.4, 0.5) is 8.78 Å². The third-order valence-corrected chi connectivity index (χ3v) is 3.14. The molecular weight excluding hydrogens is 310 g/mol. The minimum Gasteiger partial charge on any atom is -0.466 e. The lowest BCUT2D eigenvalue weighted by atomic mass is 9.97. The van der Waals surface area contributed by atoms with Gasteiger partial charge in [-0.1, -0.05) is 6.92 Å². The zero-order valence-electron chi connectivity index (χ0n) is 12.8. The van der Waals surface area contributed by atoms with Gasteiger partial charge in [0.25, 0.3) is 5.91 Å². The number of carbonyl (C=O) groups is 3. The fourth-order valence-electron chi connectivity index (χ4n) is 1.96. The SMILES string of the molecule is CCOC(=O)C[C@H](C)[C@@H](NC(=O)c1ccc(F)c(F)c1)C(N)=O. The summed E-state index contributed by atoms with van der Waals surface area (Å²) < 4.78 is 30.8. The fraction of sp³-hybridized carbons (Fsp3) is 0.400. The smallest absolute Gasteiger partial charge is 0.306 e. The van der Waals surface area contributed by atoms with Crippen molar-refractivity contribution >= 4 is 17.8 Å². The normalized spacial score (nSPS) is 13.0. The van der Waals surface area contributed by atoms with Crippen molar-refractivity contribution in [3.05, 3.63) is 35.4 Å². The number of carbonyl (C=O) groups excluding carboxylic acids is 3. The van der Waals surface area contributed by atoms with E-state index in [4.69, 9.17) is 10.5 Å².